The fraction of sp³-hybridized carbons (Fsp3) is 0.111. The fourth-order valence-corrected chi connectivity index (χ4v) is 1.33. The summed E-state index contributed by atoms with van der Waals surface area (Å²) >= 11 is 0. The van der Waals surface area contributed by atoms with Gasteiger partial charge in [-0.05, 0) is 17.7 Å². The minimum Gasteiger partial charge on any atom is -0.425 e. The van der Waals surface area contributed by atoms with Crippen LogP contribution >= 0.6 is 0 Å². The Bertz CT molecular complexity index is 491. The molecule has 2 rings (SSSR count). The lowest BCUT2D eigenvalue weighted by atomic mass is 10.0. The second-order valence-corrected chi connectivity index (χ2v) is 2.89. The Balaban J connectivity index is 2.52. The Morgan fingerprint density at radius 1 is 1.33 bits per heavy atom. The Hall–Kier alpha value is -2.33. The van der Waals surface area contributed by atoms with Crippen LogP contribution in [0.5, 0.6) is 5.75 Å². The normalized spacial score (nSPS) is 18.8. The number of Topliss-reactive ketones (excluding diaryl/α,β-unsaturated/α-hetero) is 1. The number of para-hydroxylation sites is 1. The van der Waals surface area contributed by atoms with E-state index in [4.69, 9.17) is 10.3 Å². The van der Waals surface area contributed by atoms with Crippen LogP contribution in [-0.4, -0.2) is 17.8 Å². The van der Waals surface area contributed by atoms with Gasteiger partial charge in [0, 0.05) is 4.91 Å². The number of hydrogen-bond donors (Lipinski definition) is 0. The van der Waals surface area contributed by atoms with Crippen molar-refractivity contribution < 1.29 is 14.3 Å². The molecule has 0 bridgehead atoms. The van der Waals surface area contributed by atoms with Gasteiger partial charge in [0.2, 0.25) is 0 Å². The minimum absolute atomic E-state index is 0.205. The molecule has 1 aliphatic heterocycles. The molecule has 1 aliphatic rings. The molecule has 1 heterocycles. The molecular formula is C9H5N3O3. The summed E-state index contributed by atoms with van der Waals surface area (Å²) in [7, 11) is 0. The van der Waals surface area contributed by atoms with Crippen molar-refractivity contribution in [1.82, 2.24) is 0 Å². The highest BCUT2D eigenvalue weighted by molar-refractivity contribution is 6.16. The summed E-state index contributed by atoms with van der Waals surface area (Å²) in [6.07, 6.45) is 0. The van der Waals surface area contributed by atoms with Gasteiger partial charge in [-0.1, -0.05) is 17.2 Å². The molecule has 0 aromatic heterocycles. The first-order chi connectivity index (χ1) is 7.24. The van der Waals surface area contributed by atoms with Gasteiger partial charge in [0.05, 0.1) is 5.56 Å². The third-order valence-electron chi connectivity index (χ3n) is 2.00. The van der Waals surface area contributed by atoms with Crippen LogP contribution in [0.2, 0.25) is 0 Å². The van der Waals surface area contributed by atoms with Gasteiger partial charge in [0.25, 0.3) is 0 Å². The number of esters is 1. The molecule has 0 spiro atoms. The van der Waals surface area contributed by atoms with Crippen molar-refractivity contribution in [2.24, 2.45) is 5.11 Å². The molecule has 0 saturated carbocycles. The minimum atomic E-state index is -1.40. The molecule has 0 N–H and O–H groups in total. The molecule has 6 nitrogen and oxygen atoms in total. The van der Waals surface area contributed by atoms with Crippen molar-refractivity contribution in [3.63, 3.8) is 0 Å². The number of hydrogen-bond acceptors (Lipinski definition) is 4. The lowest BCUT2D eigenvalue weighted by molar-refractivity contribution is -0.135. The van der Waals surface area contributed by atoms with E-state index in [9.17, 15) is 9.59 Å². The standard InChI is InChI=1S/C9H5N3O3/c10-12-11-7-8(13)5-3-1-2-4-6(5)15-9(7)14/h1-4,7H. The van der Waals surface area contributed by atoms with Crippen molar-refractivity contribution in [2.45, 2.75) is 6.04 Å². The van der Waals surface area contributed by atoms with Crippen LogP contribution in [0.4, 0.5) is 0 Å². The first kappa shape index (κ1) is 9.23. The summed E-state index contributed by atoms with van der Waals surface area (Å²) in [5, 5.41) is 3.10. The average molecular weight is 203 g/mol. The maximum absolute atomic E-state index is 11.7. The SMILES string of the molecule is [N-]=[N+]=NC1C(=O)Oc2ccccc2C1=O. The van der Waals surface area contributed by atoms with E-state index in [1.807, 2.05) is 0 Å². The molecule has 1 unspecified atom stereocenters. The van der Waals surface area contributed by atoms with E-state index in [1.165, 1.54) is 12.1 Å². The summed E-state index contributed by atoms with van der Waals surface area (Å²) < 4.78 is 4.84. The van der Waals surface area contributed by atoms with Crippen molar-refractivity contribution in [1.29, 1.82) is 0 Å². The Morgan fingerprint density at radius 2 is 2.07 bits per heavy atom. The zero-order valence-corrected chi connectivity index (χ0v) is 7.45. The number of carbonyl (C=O) groups is 2. The van der Waals surface area contributed by atoms with Gasteiger partial charge in [-0.3, -0.25) is 9.59 Å². The van der Waals surface area contributed by atoms with E-state index in [-0.39, 0.29) is 11.3 Å². The molecule has 74 valence electrons. The second-order valence-electron chi connectivity index (χ2n) is 2.89. The first-order valence-electron chi connectivity index (χ1n) is 4.13. The molecule has 0 fully saturated rings. The van der Waals surface area contributed by atoms with E-state index in [0.717, 1.165) is 0 Å². The lowest BCUT2D eigenvalue weighted by Gasteiger charge is -2.18. The first-order valence-corrected chi connectivity index (χ1v) is 4.13. The van der Waals surface area contributed by atoms with Gasteiger partial charge in [-0.15, -0.1) is 0 Å². The van der Waals surface area contributed by atoms with Crippen LogP contribution in [0, 0.1) is 0 Å². The summed E-state index contributed by atoms with van der Waals surface area (Å²) in [4.78, 5) is 25.3. The van der Waals surface area contributed by atoms with Gasteiger partial charge in [0.1, 0.15) is 5.75 Å². The molecule has 0 amide bonds. The Labute approximate surface area is 84.1 Å². The van der Waals surface area contributed by atoms with Crippen LogP contribution in [0.15, 0.2) is 29.4 Å². The smallest absolute Gasteiger partial charge is 0.328 e. The van der Waals surface area contributed by atoms with Crippen molar-refractivity contribution in [2.75, 3.05) is 0 Å². The lowest BCUT2D eigenvalue weighted by Crippen LogP contribution is -2.36. The van der Waals surface area contributed by atoms with E-state index >= 15 is 0 Å². The Morgan fingerprint density at radius 3 is 2.80 bits per heavy atom. The third kappa shape index (κ3) is 1.43. The molecule has 15 heavy (non-hydrogen) atoms. The van der Waals surface area contributed by atoms with Crippen molar-refractivity contribution >= 4 is 11.8 Å². The molecule has 0 saturated heterocycles. The summed E-state index contributed by atoms with van der Waals surface area (Å²) in [6.45, 7) is 0. The fourth-order valence-electron chi connectivity index (χ4n) is 1.33. The number of fused-ring (bicyclic) bond motifs is 1. The number of azide groups is 1. The number of nitrogens with zero attached hydrogens (tertiary/aromatic N) is 3. The van der Waals surface area contributed by atoms with Gasteiger partial charge in [0.15, 0.2) is 11.8 Å². The van der Waals surface area contributed by atoms with E-state index in [0.29, 0.717) is 0 Å². The zero-order chi connectivity index (χ0) is 10.8. The molecule has 1 aromatic carbocycles. The molecule has 1 aromatic rings. The number of benzene rings is 1. The van der Waals surface area contributed by atoms with Crippen LogP contribution < -0.4 is 4.74 Å². The van der Waals surface area contributed by atoms with E-state index < -0.39 is 17.8 Å². The van der Waals surface area contributed by atoms with Crippen LogP contribution in [-0.2, 0) is 4.79 Å². The van der Waals surface area contributed by atoms with Gasteiger partial charge in [-0.25, -0.2) is 0 Å². The monoisotopic (exact) mass is 203 g/mol. The number of ketones is 1. The quantitative estimate of drug-likeness (QED) is 0.173. The van der Waals surface area contributed by atoms with Crippen molar-refractivity contribution in [3.05, 3.63) is 40.3 Å². The van der Waals surface area contributed by atoms with Crippen molar-refractivity contribution in [3.8, 4) is 5.75 Å². The predicted octanol–water partition coefficient (Wildman–Crippen LogP) is 1.47. The number of carbonyl (C=O) groups excluding carboxylic acids is 2. The van der Waals surface area contributed by atoms with Crippen LogP contribution in [0.25, 0.3) is 10.4 Å². The summed E-state index contributed by atoms with van der Waals surface area (Å²) in [6, 6.07) is 4.92. The maximum Gasteiger partial charge on any atom is 0.328 e. The van der Waals surface area contributed by atoms with Crippen LogP contribution in [0.3, 0.4) is 0 Å². The third-order valence-corrected chi connectivity index (χ3v) is 2.00. The van der Waals surface area contributed by atoms with E-state index in [1.54, 1.807) is 12.1 Å². The van der Waals surface area contributed by atoms with E-state index in [2.05, 4.69) is 10.0 Å². The van der Waals surface area contributed by atoms with Gasteiger partial charge in [-0.2, -0.15) is 0 Å². The number of ether oxygens (including phenoxy) is 1. The topological polar surface area (TPSA) is 92.1 Å². The summed E-state index contributed by atoms with van der Waals surface area (Å²) in [5.41, 5.74) is 8.46. The summed E-state index contributed by atoms with van der Waals surface area (Å²) in [5.74, 6) is -1.16. The second kappa shape index (κ2) is 3.43. The predicted molar refractivity (Wildman–Crippen MR) is 49.3 cm³/mol. The Kier molecular flexibility index (Phi) is 2.11. The molecule has 6 heteroatoms. The largest absolute Gasteiger partial charge is 0.425 e. The molecule has 0 aliphatic carbocycles. The molecule has 1 atom stereocenters. The number of rotatable bonds is 1. The highest BCUT2D eigenvalue weighted by atomic mass is 16.5. The molecule has 0 radical (unpaired) electrons. The maximum atomic E-state index is 11.7. The van der Waals surface area contributed by atoms with Gasteiger partial charge >= 0.3 is 5.97 Å². The van der Waals surface area contributed by atoms with Crippen LogP contribution in [0.1, 0.15) is 10.4 Å². The zero-order valence-electron chi connectivity index (χ0n) is 7.45. The average Bonchev–Trinajstić information content (AvgIpc) is 2.24. The highest BCUT2D eigenvalue weighted by Crippen LogP contribution is 2.25. The molecular weight excluding hydrogens is 198 g/mol. The van der Waals surface area contributed by atoms with Gasteiger partial charge < -0.3 is 4.74 Å². The highest BCUT2D eigenvalue weighted by Gasteiger charge is 2.35.